The van der Waals surface area contributed by atoms with E-state index in [9.17, 15) is 27.7 Å². The number of nitro groups is 1. The lowest BCUT2D eigenvalue weighted by Crippen LogP contribution is -2.11. The second-order valence-electron chi connectivity index (χ2n) is 6.43. The van der Waals surface area contributed by atoms with Crippen LogP contribution in [0.1, 0.15) is 17.0 Å². The molecule has 0 spiro atoms. The number of rotatable bonds is 7. The smallest absolute Gasteiger partial charge is 0.471 e. The SMILES string of the molecule is Cc1cc(-c2noc(C(F)(F)F)n2)cc(C)c1OCCOc1ccc([N+](=O)[O-])cc1F. The van der Waals surface area contributed by atoms with E-state index in [4.69, 9.17) is 9.47 Å². The van der Waals surface area contributed by atoms with Crippen LogP contribution < -0.4 is 9.47 Å². The molecule has 1 heterocycles. The van der Waals surface area contributed by atoms with E-state index in [1.165, 1.54) is 0 Å². The maximum absolute atomic E-state index is 13.8. The van der Waals surface area contributed by atoms with Gasteiger partial charge in [-0.25, -0.2) is 4.39 Å². The monoisotopic (exact) mass is 441 g/mol. The van der Waals surface area contributed by atoms with Gasteiger partial charge in [-0.3, -0.25) is 10.1 Å². The number of nitro benzene ring substituents is 1. The van der Waals surface area contributed by atoms with Crippen molar-refractivity contribution in [3.8, 4) is 22.9 Å². The Morgan fingerprint density at radius 3 is 2.29 bits per heavy atom. The third-order valence-corrected chi connectivity index (χ3v) is 4.10. The van der Waals surface area contributed by atoms with Crippen LogP contribution >= 0.6 is 0 Å². The lowest BCUT2D eigenvalue weighted by atomic mass is 10.1. The molecule has 8 nitrogen and oxygen atoms in total. The zero-order chi connectivity index (χ0) is 22.8. The molecule has 0 aliphatic carbocycles. The molecule has 12 heteroatoms. The van der Waals surface area contributed by atoms with Gasteiger partial charge >= 0.3 is 12.1 Å². The summed E-state index contributed by atoms with van der Waals surface area (Å²) in [5, 5.41) is 14.0. The zero-order valence-corrected chi connectivity index (χ0v) is 16.2. The normalized spacial score (nSPS) is 11.4. The van der Waals surface area contributed by atoms with Gasteiger partial charge in [-0.05, 0) is 43.2 Å². The first-order valence-corrected chi connectivity index (χ1v) is 8.78. The minimum atomic E-state index is -4.73. The number of alkyl halides is 3. The molecule has 0 unspecified atom stereocenters. The molecule has 0 saturated carbocycles. The van der Waals surface area contributed by atoms with Crippen LogP contribution in [-0.4, -0.2) is 28.3 Å². The van der Waals surface area contributed by atoms with Crippen molar-refractivity contribution >= 4 is 5.69 Å². The highest BCUT2D eigenvalue weighted by molar-refractivity contribution is 5.61. The quantitative estimate of drug-likeness (QED) is 0.223. The van der Waals surface area contributed by atoms with Crippen molar-refractivity contribution in [2.75, 3.05) is 13.2 Å². The van der Waals surface area contributed by atoms with Crippen LogP contribution in [0.2, 0.25) is 0 Å². The molecule has 0 amide bonds. The maximum atomic E-state index is 13.8. The lowest BCUT2D eigenvalue weighted by Gasteiger charge is -2.14. The molecule has 31 heavy (non-hydrogen) atoms. The van der Waals surface area contributed by atoms with Gasteiger partial charge in [-0.15, -0.1) is 0 Å². The van der Waals surface area contributed by atoms with Crippen LogP contribution in [0.15, 0.2) is 34.9 Å². The van der Waals surface area contributed by atoms with Crippen molar-refractivity contribution < 1.29 is 36.5 Å². The van der Waals surface area contributed by atoms with Crippen LogP contribution in [0, 0.1) is 29.8 Å². The molecule has 0 aliphatic rings. The molecule has 0 radical (unpaired) electrons. The Kier molecular flexibility index (Phi) is 6.09. The number of hydrogen-bond donors (Lipinski definition) is 0. The molecule has 3 aromatic rings. The second-order valence-corrected chi connectivity index (χ2v) is 6.43. The first-order chi connectivity index (χ1) is 14.6. The fourth-order valence-electron chi connectivity index (χ4n) is 2.78. The van der Waals surface area contributed by atoms with Crippen molar-refractivity contribution in [3.05, 3.63) is 63.3 Å². The third-order valence-electron chi connectivity index (χ3n) is 4.10. The van der Waals surface area contributed by atoms with E-state index in [2.05, 4.69) is 14.7 Å². The Hall–Kier alpha value is -3.70. The van der Waals surface area contributed by atoms with Gasteiger partial charge in [0.25, 0.3) is 5.69 Å². The van der Waals surface area contributed by atoms with Crippen LogP contribution in [-0.2, 0) is 6.18 Å². The van der Waals surface area contributed by atoms with Crippen molar-refractivity contribution in [1.82, 2.24) is 10.1 Å². The predicted octanol–water partition coefficient (Wildman–Crippen LogP) is 4.88. The largest absolute Gasteiger partial charge is 0.489 e. The number of non-ortho nitro benzene ring substituents is 1. The Balaban J connectivity index is 1.64. The first kappa shape index (κ1) is 22.0. The van der Waals surface area contributed by atoms with E-state index in [0.29, 0.717) is 22.4 Å². The number of aromatic nitrogens is 2. The number of benzene rings is 2. The number of ether oxygens (including phenoxy) is 2. The van der Waals surface area contributed by atoms with Crippen molar-refractivity contribution in [1.29, 1.82) is 0 Å². The van der Waals surface area contributed by atoms with Gasteiger partial charge in [0, 0.05) is 11.6 Å². The standard InChI is InChI=1S/C19H15F4N3O5/c1-10-7-12(17-24-18(31-25-17)19(21,22)23)8-11(2)16(10)30-6-5-29-15-4-3-13(26(27)28)9-14(15)20/h3-4,7-9H,5-6H2,1-2H3. The van der Waals surface area contributed by atoms with Crippen LogP contribution in [0.4, 0.5) is 23.2 Å². The van der Waals surface area contributed by atoms with Crippen LogP contribution in [0.3, 0.4) is 0 Å². The summed E-state index contributed by atoms with van der Waals surface area (Å²) in [6.45, 7) is 3.36. The van der Waals surface area contributed by atoms with Crippen LogP contribution in [0.5, 0.6) is 11.5 Å². The molecule has 1 aromatic heterocycles. The molecule has 164 valence electrons. The van der Waals surface area contributed by atoms with Gasteiger partial charge in [0.1, 0.15) is 19.0 Å². The third kappa shape index (κ3) is 5.08. The summed E-state index contributed by atoms with van der Waals surface area (Å²) < 4.78 is 66.8. The van der Waals surface area contributed by atoms with E-state index >= 15 is 0 Å². The van der Waals surface area contributed by atoms with E-state index in [1.54, 1.807) is 26.0 Å². The molecule has 0 fully saturated rings. The van der Waals surface area contributed by atoms with Crippen molar-refractivity contribution in [2.24, 2.45) is 0 Å². The highest BCUT2D eigenvalue weighted by Gasteiger charge is 2.38. The van der Waals surface area contributed by atoms with Gasteiger partial charge in [0.15, 0.2) is 11.6 Å². The molecule has 3 rings (SSSR count). The number of aryl methyl sites for hydroxylation is 2. The molecular formula is C19H15F4N3O5. The summed E-state index contributed by atoms with van der Waals surface area (Å²) in [6, 6.07) is 6.12. The maximum Gasteiger partial charge on any atom is 0.471 e. The van der Waals surface area contributed by atoms with Gasteiger partial charge in [-0.2, -0.15) is 18.2 Å². The number of nitrogens with zero attached hydrogens (tertiary/aromatic N) is 3. The molecule has 0 saturated heterocycles. The van der Waals surface area contributed by atoms with Gasteiger partial charge < -0.3 is 14.0 Å². The topological polar surface area (TPSA) is 101 Å². The molecule has 0 bridgehead atoms. The second kappa shape index (κ2) is 8.58. The number of halogens is 4. The highest BCUT2D eigenvalue weighted by Crippen LogP contribution is 2.32. The van der Waals surface area contributed by atoms with E-state index in [-0.39, 0.29) is 24.8 Å². The average Bonchev–Trinajstić information content (AvgIpc) is 3.18. The van der Waals surface area contributed by atoms with Gasteiger partial charge in [0.2, 0.25) is 5.82 Å². The van der Waals surface area contributed by atoms with Crippen molar-refractivity contribution in [2.45, 2.75) is 20.0 Å². The minimum Gasteiger partial charge on any atom is -0.489 e. The summed E-state index contributed by atoms with van der Waals surface area (Å²) in [6.07, 6.45) is -4.73. The molecule has 0 N–H and O–H groups in total. The summed E-state index contributed by atoms with van der Waals surface area (Å²) in [4.78, 5) is 13.3. The van der Waals surface area contributed by atoms with E-state index < -0.39 is 28.5 Å². The fourth-order valence-corrected chi connectivity index (χ4v) is 2.78. The lowest BCUT2D eigenvalue weighted by molar-refractivity contribution is -0.385. The van der Waals surface area contributed by atoms with Crippen molar-refractivity contribution in [3.63, 3.8) is 0 Å². The Labute approximate surface area is 172 Å². The summed E-state index contributed by atoms with van der Waals surface area (Å²) in [7, 11) is 0. The fraction of sp³-hybridized carbons (Fsp3) is 0.263. The summed E-state index contributed by atoms with van der Waals surface area (Å²) in [5.41, 5.74) is 1.15. The van der Waals surface area contributed by atoms with Gasteiger partial charge in [0.05, 0.1) is 11.0 Å². The first-order valence-electron chi connectivity index (χ1n) is 8.78. The molecule has 2 aromatic carbocycles. The van der Waals surface area contributed by atoms with E-state index in [0.717, 1.165) is 18.2 Å². The molecule has 0 aliphatic heterocycles. The summed E-state index contributed by atoms with van der Waals surface area (Å²) in [5.74, 6) is -2.20. The summed E-state index contributed by atoms with van der Waals surface area (Å²) >= 11 is 0. The molecule has 0 atom stereocenters. The number of hydrogen-bond acceptors (Lipinski definition) is 7. The van der Waals surface area contributed by atoms with Crippen LogP contribution in [0.25, 0.3) is 11.4 Å². The zero-order valence-electron chi connectivity index (χ0n) is 16.2. The van der Waals surface area contributed by atoms with E-state index in [1.807, 2.05) is 0 Å². The minimum absolute atomic E-state index is 0.0257. The highest BCUT2D eigenvalue weighted by atomic mass is 19.4. The average molecular weight is 441 g/mol. The Morgan fingerprint density at radius 1 is 1.10 bits per heavy atom. The Bertz CT molecular complexity index is 1090. The predicted molar refractivity (Wildman–Crippen MR) is 98.3 cm³/mol. The Morgan fingerprint density at radius 2 is 1.74 bits per heavy atom. The molecular weight excluding hydrogens is 426 g/mol. The van der Waals surface area contributed by atoms with Gasteiger partial charge in [-0.1, -0.05) is 5.16 Å².